The molecule has 0 unspecified atom stereocenters. The topological polar surface area (TPSA) is 40.7 Å². The molecule has 3 nitrogen and oxygen atoms in total. The van der Waals surface area contributed by atoms with Gasteiger partial charge in [-0.25, -0.2) is 0 Å². The molecule has 2 aromatic rings. The van der Waals surface area contributed by atoms with Crippen LogP contribution < -0.4 is 5.32 Å². The van der Waals surface area contributed by atoms with E-state index in [9.17, 15) is 0 Å². The molecule has 1 heterocycles. The van der Waals surface area contributed by atoms with Crippen LogP contribution >= 0.6 is 0 Å². The van der Waals surface area contributed by atoms with Crippen molar-refractivity contribution in [3.8, 4) is 11.3 Å². The van der Waals surface area contributed by atoms with E-state index in [1.807, 2.05) is 18.2 Å². The number of rotatable bonds is 4. The summed E-state index contributed by atoms with van der Waals surface area (Å²) in [4.78, 5) is 0. The SMILES string of the molecule is CCNCc1c(-c2ccccc2)n[nH]c1C. The third kappa shape index (κ3) is 2.14. The van der Waals surface area contributed by atoms with Gasteiger partial charge in [-0.1, -0.05) is 37.3 Å². The molecule has 0 saturated heterocycles. The highest BCUT2D eigenvalue weighted by atomic mass is 15.1. The predicted molar refractivity (Wildman–Crippen MR) is 66.1 cm³/mol. The number of nitrogens with one attached hydrogen (secondary N) is 2. The van der Waals surface area contributed by atoms with E-state index in [2.05, 4.69) is 41.5 Å². The van der Waals surface area contributed by atoms with Crippen LogP contribution in [0.25, 0.3) is 11.3 Å². The minimum atomic E-state index is 0.864. The molecule has 1 aromatic heterocycles. The highest BCUT2D eigenvalue weighted by Gasteiger charge is 2.10. The van der Waals surface area contributed by atoms with Crippen LogP contribution in [0.4, 0.5) is 0 Å². The summed E-state index contributed by atoms with van der Waals surface area (Å²) in [7, 11) is 0. The van der Waals surface area contributed by atoms with E-state index in [1.165, 1.54) is 11.1 Å². The lowest BCUT2D eigenvalue weighted by Crippen LogP contribution is -2.12. The number of nitrogens with zero attached hydrogens (tertiary/aromatic N) is 1. The van der Waals surface area contributed by atoms with Crippen LogP contribution in [0, 0.1) is 6.92 Å². The fourth-order valence-corrected chi connectivity index (χ4v) is 1.75. The molecule has 3 heteroatoms. The quantitative estimate of drug-likeness (QED) is 0.822. The zero-order valence-electron chi connectivity index (χ0n) is 9.75. The number of aromatic nitrogens is 2. The van der Waals surface area contributed by atoms with Crippen LogP contribution in [-0.2, 0) is 6.54 Å². The van der Waals surface area contributed by atoms with E-state index in [1.54, 1.807) is 0 Å². The van der Waals surface area contributed by atoms with Crippen molar-refractivity contribution in [3.63, 3.8) is 0 Å². The number of H-pyrrole nitrogens is 1. The average Bonchev–Trinajstić information content (AvgIpc) is 2.69. The Labute approximate surface area is 95.9 Å². The summed E-state index contributed by atoms with van der Waals surface area (Å²) >= 11 is 0. The predicted octanol–water partition coefficient (Wildman–Crippen LogP) is 2.49. The molecule has 0 atom stereocenters. The third-order valence-electron chi connectivity index (χ3n) is 2.67. The van der Waals surface area contributed by atoms with Crippen molar-refractivity contribution < 1.29 is 0 Å². The Kier molecular flexibility index (Phi) is 3.37. The third-order valence-corrected chi connectivity index (χ3v) is 2.67. The Morgan fingerprint density at radius 3 is 2.69 bits per heavy atom. The van der Waals surface area contributed by atoms with Crippen LogP contribution in [0.15, 0.2) is 30.3 Å². The molecule has 0 aliphatic rings. The largest absolute Gasteiger partial charge is 0.313 e. The fraction of sp³-hybridized carbons (Fsp3) is 0.308. The highest BCUT2D eigenvalue weighted by Crippen LogP contribution is 2.22. The summed E-state index contributed by atoms with van der Waals surface area (Å²) in [6.07, 6.45) is 0. The molecule has 0 bridgehead atoms. The average molecular weight is 215 g/mol. The Morgan fingerprint density at radius 2 is 2.00 bits per heavy atom. The lowest BCUT2D eigenvalue weighted by atomic mass is 10.1. The zero-order chi connectivity index (χ0) is 11.4. The van der Waals surface area contributed by atoms with Gasteiger partial charge in [-0.3, -0.25) is 5.10 Å². The van der Waals surface area contributed by atoms with Crippen molar-refractivity contribution in [3.05, 3.63) is 41.6 Å². The Balaban J connectivity index is 2.34. The molecule has 0 aliphatic carbocycles. The van der Waals surface area contributed by atoms with E-state index >= 15 is 0 Å². The van der Waals surface area contributed by atoms with Gasteiger partial charge in [-0.05, 0) is 13.5 Å². The molecule has 16 heavy (non-hydrogen) atoms. The second-order valence-electron chi connectivity index (χ2n) is 3.82. The minimum absolute atomic E-state index is 0.864. The van der Waals surface area contributed by atoms with Crippen molar-refractivity contribution in [2.24, 2.45) is 0 Å². The normalized spacial score (nSPS) is 10.6. The Morgan fingerprint density at radius 1 is 1.25 bits per heavy atom. The van der Waals surface area contributed by atoms with Crippen molar-refractivity contribution in [2.75, 3.05) is 6.54 Å². The van der Waals surface area contributed by atoms with E-state index < -0.39 is 0 Å². The summed E-state index contributed by atoms with van der Waals surface area (Å²) in [5.41, 5.74) is 4.62. The maximum atomic E-state index is 4.37. The molecule has 84 valence electrons. The summed E-state index contributed by atoms with van der Waals surface area (Å²) in [5.74, 6) is 0. The maximum absolute atomic E-state index is 4.37. The van der Waals surface area contributed by atoms with Gasteiger partial charge < -0.3 is 5.32 Å². The number of aromatic amines is 1. The van der Waals surface area contributed by atoms with Crippen molar-refractivity contribution in [1.82, 2.24) is 15.5 Å². The van der Waals surface area contributed by atoms with Gasteiger partial charge in [0.2, 0.25) is 0 Å². The first-order chi connectivity index (χ1) is 7.83. The van der Waals surface area contributed by atoms with Crippen molar-refractivity contribution >= 4 is 0 Å². The molecule has 0 saturated carbocycles. The van der Waals surface area contributed by atoms with Gasteiger partial charge in [0.1, 0.15) is 0 Å². The van der Waals surface area contributed by atoms with Crippen LogP contribution in [-0.4, -0.2) is 16.7 Å². The second kappa shape index (κ2) is 4.94. The molecular weight excluding hydrogens is 198 g/mol. The molecule has 2 rings (SSSR count). The van der Waals surface area contributed by atoms with Crippen LogP contribution in [0.1, 0.15) is 18.2 Å². The number of benzene rings is 1. The van der Waals surface area contributed by atoms with E-state index in [0.717, 1.165) is 24.5 Å². The number of hydrogen-bond donors (Lipinski definition) is 2. The summed E-state index contributed by atoms with van der Waals surface area (Å²) in [6.45, 7) is 6.01. The molecule has 0 amide bonds. The van der Waals surface area contributed by atoms with Gasteiger partial charge in [0, 0.05) is 23.4 Å². The summed E-state index contributed by atoms with van der Waals surface area (Å²) in [6, 6.07) is 10.3. The smallest absolute Gasteiger partial charge is 0.0968 e. The lowest BCUT2D eigenvalue weighted by Gasteiger charge is -2.04. The summed E-state index contributed by atoms with van der Waals surface area (Å²) < 4.78 is 0. The maximum Gasteiger partial charge on any atom is 0.0968 e. The summed E-state index contributed by atoms with van der Waals surface area (Å²) in [5, 5.41) is 10.8. The first-order valence-corrected chi connectivity index (χ1v) is 5.63. The Bertz CT molecular complexity index is 445. The molecule has 0 aliphatic heterocycles. The number of hydrogen-bond acceptors (Lipinski definition) is 2. The van der Waals surface area contributed by atoms with E-state index in [-0.39, 0.29) is 0 Å². The van der Waals surface area contributed by atoms with E-state index in [4.69, 9.17) is 0 Å². The van der Waals surface area contributed by atoms with Gasteiger partial charge >= 0.3 is 0 Å². The molecule has 1 aromatic carbocycles. The molecule has 0 fully saturated rings. The van der Waals surface area contributed by atoms with Crippen molar-refractivity contribution in [2.45, 2.75) is 20.4 Å². The fourth-order valence-electron chi connectivity index (χ4n) is 1.75. The van der Waals surface area contributed by atoms with Gasteiger partial charge in [0.05, 0.1) is 5.69 Å². The molecular formula is C13H17N3. The van der Waals surface area contributed by atoms with Gasteiger partial charge in [-0.2, -0.15) is 5.10 Å². The highest BCUT2D eigenvalue weighted by molar-refractivity contribution is 5.63. The molecule has 2 N–H and O–H groups in total. The monoisotopic (exact) mass is 215 g/mol. The standard InChI is InChI=1S/C13H17N3/c1-3-14-9-12-10(2)15-16-13(12)11-7-5-4-6-8-11/h4-8,14H,3,9H2,1-2H3,(H,15,16). The minimum Gasteiger partial charge on any atom is -0.313 e. The molecule has 0 radical (unpaired) electrons. The Hall–Kier alpha value is -1.61. The van der Waals surface area contributed by atoms with Crippen molar-refractivity contribution in [1.29, 1.82) is 0 Å². The van der Waals surface area contributed by atoms with Gasteiger partial charge in [0.25, 0.3) is 0 Å². The van der Waals surface area contributed by atoms with Gasteiger partial charge in [-0.15, -0.1) is 0 Å². The van der Waals surface area contributed by atoms with Crippen LogP contribution in [0.3, 0.4) is 0 Å². The first kappa shape index (κ1) is 10.9. The van der Waals surface area contributed by atoms with Crippen LogP contribution in [0.5, 0.6) is 0 Å². The number of aryl methyl sites for hydroxylation is 1. The van der Waals surface area contributed by atoms with Gasteiger partial charge in [0.15, 0.2) is 0 Å². The second-order valence-corrected chi connectivity index (χ2v) is 3.82. The molecule has 0 spiro atoms. The zero-order valence-corrected chi connectivity index (χ0v) is 9.75. The van der Waals surface area contributed by atoms with E-state index in [0.29, 0.717) is 0 Å². The van der Waals surface area contributed by atoms with Crippen LogP contribution in [0.2, 0.25) is 0 Å². The lowest BCUT2D eigenvalue weighted by molar-refractivity contribution is 0.725. The first-order valence-electron chi connectivity index (χ1n) is 5.63.